The second-order valence-corrected chi connectivity index (χ2v) is 3.71. The van der Waals surface area contributed by atoms with Gasteiger partial charge in [0, 0.05) is 6.42 Å². The van der Waals surface area contributed by atoms with Crippen molar-refractivity contribution >= 4 is 33.3 Å². The SMILES string of the molecule is O=C(O)CCC(=O)Nc1ncc([N+](=O)[O-])s1. The molecule has 1 rings (SSSR count). The number of anilines is 1. The van der Waals surface area contributed by atoms with E-state index >= 15 is 0 Å². The first-order valence-electron chi connectivity index (χ1n) is 4.11. The molecule has 16 heavy (non-hydrogen) atoms. The fraction of sp³-hybridized carbons (Fsp3) is 0.286. The van der Waals surface area contributed by atoms with Crippen LogP contribution >= 0.6 is 11.3 Å². The number of carbonyl (C=O) groups excluding carboxylic acids is 1. The lowest BCUT2D eigenvalue weighted by Gasteiger charge is -1.97. The first-order valence-corrected chi connectivity index (χ1v) is 4.92. The number of hydrogen-bond acceptors (Lipinski definition) is 6. The van der Waals surface area contributed by atoms with E-state index in [2.05, 4.69) is 10.3 Å². The number of aliphatic carboxylic acids is 1. The molecule has 1 amide bonds. The van der Waals surface area contributed by atoms with E-state index in [4.69, 9.17) is 5.11 Å². The molecule has 0 aliphatic rings. The van der Waals surface area contributed by atoms with Crippen molar-refractivity contribution in [3.05, 3.63) is 16.3 Å². The van der Waals surface area contributed by atoms with Crippen LogP contribution in [0.15, 0.2) is 6.20 Å². The van der Waals surface area contributed by atoms with Gasteiger partial charge in [0.15, 0.2) is 5.13 Å². The van der Waals surface area contributed by atoms with Crippen LogP contribution in [0.4, 0.5) is 10.1 Å². The normalized spacial score (nSPS) is 9.75. The van der Waals surface area contributed by atoms with Gasteiger partial charge in [0.25, 0.3) is 0 Å². The maximum Gasteiger partial charge on any atom is 0.345 e. The molecule has 0 atom stereocenters. The summed E-state index contributed by atoms with van der Waals surface area (Å²) in [5, 5.41) is 20.8. The standard InChI is InChI=1S/C7H7N3O5S/c11-4(1-2-6(12)13)9-7-8-3-5(16-7)10(14)15/h3H,1-2H2,(H,12,13)(H,8,9,11). The number of hydrogen-bond donors (Lipinski definition) is 2. The number of carboxylic acid groups (broad SMARTS) is 1. The number of nitrogens with one attached hydrogen (secondary N) is 1. The molecule has 0 saturated carbocycles. The molecule has 1 heterocycles. The van der Waals surface area contributed by atoms with Crippen molar-refractivity contribution in [3.63, 3.8) is 0 Å². The van der Waals surface area contributed by atoms with Crippen molar-refractivity contribution in [2.24, 2.45) is 0 Å². The van der Waals surface area contributed by atoms with Crippen molar-refractivity contribution in [2.75, 3.05) is 5.32 Å². The lowest BCUT2D eigenvalue weighted by molar-refractivity contribution is -0.380. The van der Waals surface area contributed by atoms with Crippen LogP contribution in [0.2, 0.25) is 0 Å². The third-order valence-corrected chi connectivity index (χ3v) is 2.35. The predicted molar refractivity (Wildman–Crippen MR) is 54.3 cm³/mol. The highest BCUT2D eigenvalue weighted by Crippen LogP contribution is 2.24. The van der Waals surface area contributed by atoms with Gasteiger partial charge in [0.05, 0.1) is 11.3 Å². The summed E-state index contributed by atoms with van der Waals surface area (Å²) in [5.41, 5.74) is 0. The fourth-order valence-electron chi connectivity index (χ4n) is 0.810. The molecular weight excluding hydrogens is 238 g/mol. The summed E-state index contributed by atoms with van der Waals surface area (Å²) in [6, 6.07) is 0. The highest BCUT2D eigenvalue weighted by Gasteiger charge is 2.13. The first kappa shape index (κ1) is 12.0. The molecule has 0 fully saturated rings. The molecule has 0 unspecified atom stereocenters. The van der Waals surface area contributed by atoms with E-state index in [1.54, 1.807) is 0 Å². The molecule has 0 spiro atoms. The Morgan fingerprint density at radius 1 is 1.56 bits per heavy atom. The molecular formula is C7H7N3O5S. The van der Waals surface area contributed by atoms with Crippen LogP contribution < -0.4 is 5.32 Å². The van der Waals surface area contributed by atoms with Gasteiger partial charge in [-0.3, -0.25) is 19.7 Å². The van der Waals surface area contributed by atoms with E-state index in [0.717, 1.165) is 6.20 Å². The summed E-state index contributed by atoms with van der Waals surface area (Å²) in [4.78, 5) is 34.6. The van der Waals surface area contributed by atoms with E-state index in [-0.39, 0.29) is 23.0 Å². The zero-order chi connectivity index (χ0) is 12.1. The van der Waals surface area contributed by atoms with E-state index in [9.17, 15) is 19.7 Å². The predicted octanol–water partition coefficient (Wildman–Crippen LogP) is 0.855. The number of thiazole rings is 1. The van der Waals surface area contributed by atoms with E-state index < -0.39 is 16.8 Å². The first-order chi connectivity index (χ1) is 7.49. The Kier molecular flexibility index (Phi) is 3.89. The number of carboxylic acids is 1. The minimum atomic E-state index is -1.08. The van der Waals surface area contributed by atoms with Crippen molar-refractivity contribution < 1.29 is 19.6 Å². The maximum absolute atomic E-state index is 11.1. The largest absolute Gasteiger partial charge is 0.481 e. The van der Waals surface area contributed by atoms with E-state index in [0.29, 0.717) is 11.3 Å². The Morgan fingerprint density at radius 3 is 2.75 bits per heavy atom. The van der Waals surface area contributed by atoms with Gasteiger partial charge in [-0.1, -0.05) is 0 Å². The third-order valence-electron chi connectivity index (χ3n) is 1.49. The van der Waals surface area contributed by atoms with Crippen molar-refractivity contribution in [1.82, 2.24) is 4.98 Å². The zero-order valence-corrected chi connectivity index (χ0v) is 8.69. The van der Waals surface area contributed by atoms with Crippen LogP contribution in [0.25, 0.3) is 0 Å². The molecule has 0 aliphatic carbocycles. The summed E-state index contributed by atoms with van der Waals surface area (Å²) in [6.45, 7) is 0. The molecule has 9 heteroatoms. The Balaban J connectivity index is 2.49. The van der Waals surface area contributed by atoms with Gasteiger partial charge in [-0.2, -0.15) is 0 Å². The van der Waals surface area contributed by atoms with E-state index in [1.165, 1.54) is 0 Å². The minimum Gasteiger partial charge on any atom is -0.481 e. The second kappa shape index (κ2) is 5.16. The maximum atomic E-state index is 11.1. The molecule has 8 nitrogen and oxygen atoms in total. The molecule has 86 valence electrons. The van der Waals surface area contributed by atoms with Gasteiger partial charge in [-0.15, -0.1) is 0 Å². The fourth-order valence-corrected chi connectivity index (χ4v) is 1.46. The van der Waals surface area contributed by atoms with Crippen LogP contribution in [0, 0.1) is 10.1 Å². The topological polar surface area (TPSA) is 122 Å². The van der Waals surface area contributed by atoms with Crippen molar-refractivity contribution in [3.8, 4) is 0 Å². The van der Waals surface area contributed by atoms with Gasteiger partial charge in [-0.05, 0) is 11.3 Å². The van der Waals surface area contributed by atoms with Gasteiger partial charge in [0.1, 0.15) is 6.20 Å². The third kappa shape index (κ3) is 3.61. The number of nitro groups is 1. The molecule has 0 aliphatic heterocycles. The highest BCUT2D eigenvalue weighted by atomic mass is 32.1. The average Bonchev–Trinajstić information content (AvgIpc) is 2.63. The molecule has 0 aromatic carbocycles. The minimum absolute atomic E-state index is 0.0853. The van der Waals surface area contributed by atoms with Crippen LogP contribution in [0.3, 0.4) is 0 Å². The zero-order valence-electron chi connectivity index (χ0n) is 7.87. The summed E-state index contributed by atoms with van der Waals surface area (Å²) < 4.78 is 0. The van der Waals surface area contributed by atoms with Crippen LogP contribution in [-0.4, -0.2) is 26.9 Å². The molecule has 1 aromatic rings. The van der Waals surface area contributed by atoms with Crippen molar-refractivity contribution in [2.45, 2.75) is 12.8 Å². The van der Waals surface area contributed by atoms with Crippen LogP contribution in [0.1, 0.15) is 12.8 Å². The van der Waals surface area contributed by atoms with Gasteiger partial charge in [0.2, 0.25) is 5.91 Å². The number of amides is 1. The number of carbonyl (C=O) groups is 2. The number of rotatable bonds is 5. The molecule has 1 aromatic heterocycles. The van der Waals surface area contributed by atoms with Crippen LogP contribution in [0.5, 0.6) is 0 Å². The molecule has 2 N–H and O–H groups in total. The van der Waals surface area contributed by atoms with Gasteiger partial charge in [-0.25, -0.2) is 4.98 Å². The van der Waals surface area contributed by atoms with Gasteiger partial charge >= 0.3 is 11.0 Å². The summed E-state index contributed by atoms with van der Waals surface area (Å²) >= 11 is 0.714. The second-order valence-electron chi connectivity index (χ2n) is 2.70. The molecule has 0 bridgehead atoms. The highest BCUT2D eigenvalue weighted by molar-refractivity contribution is 7.18. The molecule has 0 radical (unpaired) electrons. The van der Waals surface area contributed by atoms with Gasteiger partial charge < -0.3 is 10.4 Å². The Morgan fingerprint density at radius 2 is 2.25 bits per heavy atom. The Bertz CT molecular complexity index is 429. The van der Waals surface area contributed by atoms with Crippen molar-refractivity contribution in [1.29, 1.82) is 0 Å². The summed E-state index contributed by atoms with van der Waals surface area (Å²) in [7, 11) is 0. The average molecular weight is 245 g/mol. The summed E-state index contributed by atoms with van der Waals surface area (Å²) in [5.74, 6) is -1.62. The lowest BCUT2D eigenvalue weighted by Crippen LogP contribution is -2.12. The smallest absolute Gasteiger partial charge is 0.345 e. The summed E-state index contributed by atoms with van der Waals surface area (Å²) in [6.07, 6.45) is 0.541. The lowest BCUT2D eigenvalue weighted by atomic mass is 10.3. The Labute approximate surface area is 93.1 Å². The van der Waals surface area contributed by atoms with E-state index in [1.807, 2.05) is 0 Å². The number of nitrogens with zero attached hydrogens (tertiary/aromatic N) is 2. The van der Waals surface area contributed by atoms with Crippen LogP contribution in [-0.2, 0) is 9.59 Å². The molecule has 0 saturated heterocycles. The number of aromatic nitrogens is 1. The quantitative estimate of drug-likeness (QED) is 0.585. The Hall–Kier alpha value is -2.03. The monoisotopic (exact) mass is 245 g/mol.